The fourth-order valence-corrected chi connectivity index (χ4v) is 3.16. The van der Waals surface area contributed by atoms with Crippen molar-refractivity contribution in [3.05, 3.63) is 65.7 Å². The van der Waals surface area contributed by atoms with E-state index in [1.165, 1.54) is 11.1 Å². The topological polar surface area (TPSA) is 49.4 Å². The Kier molecular flexibility index (Phi) is 5.49. The third kappa shape index (κ3) is 4.27. The standard InChI is InChI=1S/C21H24N2O2/c1-2-16-8-10-19(11-9-16)23-15-18(14-20(23)24)21(25)22-13-12-17-6-4-3-5-7-17/h3-11,18H,2,12-15H2,1H3,(H,22,25)/t18-/m1/s1. The van der Waals surface area contributed by atoms with Crippen LogP contribution >= 0.6 is 0 Å². The van der Waals surface area contributed by atoms with Crippen molar-refractivity contribution in [2.75, 3.05) is 18.0 Å². The molecule has 0 bridgehead atoms. The maximum absolute atomic E-state index is 12.4. The van der Waals surface area contributed by atoms with E-state index in [1.54, 1.807) is 4.90 Å². The highest BCUT2D eigenvalue weighted by atomic mass is 16.2. The molecule has 1 fully saturated rings. The SMILES string of the molecule is CCc1ccc(N2C[C@H](C(=O)NCCc3ccccc3)CC2=O)cc1. The summed E-state index contributed by atoms with van der Waals surface area (Å²) >= 11 is 0. The lowest BCUT2D eigenvalue weighted by Crippen LogP contribution is -2.34. The molecule has 0 unspecified atom stereocenters. The molecule has 0 aromatic heterocycles. The Morgan fingerprint density at radius 3 is 2.48 bits per heavy atom. The lowest BCUT2D eigenvalue weighted by atomic mass is 10.1. The van der Waals surface area contributed by atoms with Crippen LogP contribution in [0.1, 0.15) is 24.5 Å². The quantitative estimate of drug-likeness (QED) is 0.882. The van der Waals surface area contributed by atoms with Gasteiger partial charge in [-0.2, -0.15) is 0 Å². The highest BCUT2D eigenvalue weighted by molar-refractivity contribution is 6.00. The monoisotopic (exact) mass is 336 g/mol. The molecule has 4 nitrogen and oxygen atoms in total. The Morgan fingerprint density at radius 2 is 1.80 bits per heavy atom. The van der Waals surface area contributed by atoms with Crippen LogP contribution in [0.5, 0.6) is 0 Å². The molecule has 1 saturated heterocycles. The predicted molar refractivity (Wildman–Crippen MR) is 99.4 cm³/mol. The van der Waals surface area contributed by atoms with Gasteiger partial charge in [0.25, 0.3) is 0 Å². The van der Waals surface area contributed by atoms with Gasteiger partial charge in [0.2, 0.25) is 11.8 Å². The minimum Gasteiger partial charge on any atom is -0.355 e. The van der Waals surface area contributed by atoms with E-state index < -0.39 is 0 Å². The van der Waals surface area contributed by atoms with Crippen LogP contribution in [0.3, 0.4) is 0 Å². The molecule has 2 aromatic carbocycles. The van der Waals surface area contributed by atoms with Gasteiger partial charge in [0.1, 0.15) is 0 Å². The number of hydrogen-bond acceptors (Lipinski definition) is 2. The second kappa shape index (κ2) is 7.97. The van der Waals surface area contributed by atoms with Gasteiger partial charge in [-0.05, 0) is 36.1 Å². The number of anilines is 1. The number of hydrogen-bond donors (Lipinski definition) is 1. The number of nitrogens with one attached hydrogen (secondary N) is 1. The second-order valence-electron chi connectivity index (χ2n) is 6.45. The average Bonchev–Trinajstić information content (AvgIpc) is 3.04. The van der Waals surface area contributed by atoms with E-state index in [9.17, 15) is 9.59 Å². The van der Waals surface area contributed by atoms with Gasteiger partial charge >= 0.3 is 0 Å². The largest absolute Gasteiger partial charge is 0.355 e. The van der Waals surface area contributed by atoms with Gasteiger partial charge in [0, 0.05) is 25.2 Å². The normalized spacial score (nSPS) is 16.9. The Labute approximate surface area is 148 Å². The van der Waals surface area contributed by atoms with Crippen LogP contribution in [0.15, 0.2) is 54.6 Å². The van der Waals surface area contributed by atoms with Gasteiger partial charge in [0.05, 0.1) is 5.92 Å². The van der Waals surface area contributed by atoms with E-state index in [4.69, 9.17) is 0 Å². The van der Waals surface area contributed by atoms with Gasteiger partial charge in [-0.3, -0.25) is 9.59 Å². The fraction of sp³-hybridized carbons (Fsp3) is 0.333. The zero-order valence-electron chi connectivity index (χ0n) is 14.6. The first kappa shape index (κ1) is 17.2. The van der Waals surface area contributed by atoms with Gasteiger partial charge in [0.15, 0.2) is 0 Å². The fourth-order valence-electron chi connectivity index (χ4n) is 3.16. The summed E-state index contributed by atoms with van der Waals surface area (Å²) in [5, 5.41) is 2.97. The molecule has 0 saturated carbocycles. The highest BCUT2D eigenvalue weighted by Gasteiger charge is 2.34. The second-order valence-corrected chi connectivity index (χ2v) is 6.45. The van der Waals surface area contributed by atoms with Crippen LogP contribution in [0.25, 0.3) is 0 Å². The smallest absolute Gasteiger partial charge is 0.227 e. The van der Waals surface area contributed by atoms with Crippen LogP contribution in [-0.2, 0) is 22.4 Å². The molecular formula is C21H24N2O2. The predicted octanol–water partition coefficient (Wildman–Crippen LogP) is 2.96. The molecule has 0 spiro atoms. The molecule has 2 aromatic rings. The molecule has 2 amide bonds. The van der Waals surface area contributed by atoms with Crippen LogP contribution in [-0.4, -0.2) is 24.9 Å². The summed E-state index contributed by atoms with van der Waals surface area (Å²) in [7, 11) is 0. The first-order valence-corrected chi connectivity index (χ1v) is 8.88. The molecule has 130 valence electrons. The minimum atomic E-state index is -0.269. The minimum absolute atomic E-state index is 0.0208. The zero-order valence-corrected chi connectivity index (χ0v) is 14.6. The molecule has 3 rings (SSSR count). The molecule has 0 radical (unpaired) electrons. The average molecular weight is 336 g/mol. The molecule has 25 heavy (non-hydrogen) atoms. The number of aryl methyl sites for hydroxylation is 1. The molecule has 1 N–H and O–H groups in total. The number of carbonyl (C=O) groups excluding carboxylic acids is 2. The van der Waals surface area contributed by atoms with Gasteiger partial charge in [-0.15, -0.1) is 0 Å². The van der Waals surface area contributed by atoms with E-state index in [0.717, 1.165) is 18.5 Å². The lowest BCUT2D eigenvalue weighted by molar-refractivity contribution is -0.126. The molecule has 1 atom stereocenters. The van der Waals surface area contributed by atoms with Crippen molar-refractivity contribution >= 4 is 17.5 Å². The molecule has 0 aliphatic carbocycles. The van der Waals surface area contributed by atoms with Crippen molar-refractivity contribution in [2.45, 2.75) is 26.2 Å². The van der Waals surface area contributed by atoms with E-state index in [2.05, 4.69) is 12.2 Å². The highest BCUT2D eigenvalue weighted by Crippen LogP contribution is 2.25. The van der Waals surface area contributed by atoms with Gasteiger partial charge in [-0.1, -0.05) is 49.4 Å². The van der Waals surface area contributed by atoms with E-state index >= 15 is 0 Å². The summed E-state index contributed by atoms with van der Waals surface area (Å²) in [5.74, 6) is -0.279. The lowest BCUT2D eigenvalue weighted by Gasteiger charge is -2.17. The molecule has 4 heteroatoms. The van der Waals surface area contributed by atoms with Gasteiger partial charge < -0.3 is 10.2 Å². The Bertz CT molecular complexity index is 725. The summed E-state index contributed by atoms with van der Waals surface area (Å²) in [4.78, 5) is 26.4. The zero-order chi connectivity index (χ0) is 17.6. The number of amides is 2. The summed E-state index contributed by atoms with van der Waals surface area (Å²) in [6, 6.07) is 18.1. The summed E-state index contributed by atoms with van der Waals surface area (Å²) in [5.41, 5.74) is 3.32. The number of benzene rings is 2. The van der Waals surface area contributed by atoms with Crippen molar-refractivity contribution < 1.29 is 9.59 Å². The Morgan fingerprint density at radius 1 is 1.08 bits per heavy atom. The first-order valence-electron chi connectivity index (χ1n) is 8.88. The van der Waals surface area contributed by atoms with Crippen molar-refractivity contribution in [1.82, 2.24) is 5.32 Å². The van der Waals surface area contributed by atoms with E-state index in [1.807, 2.05) is 54.6 Å². The maximum Gasteiger partial charge on any atom is 0.227 e. The molecule has 1 aliphatic heterocycles. The van der Waals surface area contributed by atoms with Crippen LogP contribution in [0.2, 0.25) is 0 Å². The van der Waals surface area contributed by atoms with Crippen molar-refractivity contribution in [1.29, 1.82) is 0 Å². The number of carbonyl (C=O) groups is 2. The van der Waals surface area contributed by atoms with Crippen molar-refractivity contribution in [3.8, 4) is 0 Å². The first-order chi connectivity index (χ1) is 12.2. The number of nitrogens with zero attached hydrogens (tertiary/aromatic N) is 1. The molecular weight excluding hydrogens is 312 g/mol. The molecule has 1 heterocycles. The molecule has 1 aliphatic rings. The van der Waals surface area contributed by atoms with Crippen LogP contribution in [0, 0.1) is 5.92 Å². The van der Waals surface area contributed by atoms with E-state index in [0.29, 0.717) is 13.1 Å². The maximum atomic E-state index is 12.4. The third-order valence-electron chi connectivity index (χ3n) is 4.71. The van der Waals surface area contributed by atoms with E-state index in [-0.39, 0.29) is 24.2 Å². The van der Waals surface area contributed by atoms with Crippen LogP contribution in [0.4, 0.5) is 5.69 Å². The van der Waals surface area contributed by atoms with Crippen molar-refractivity contribution in [2.24, 2.45) is 5.92 Å². The van der Waals surface area contributed by atoms with Crippen LogP contribution < -0.4 is 10.2 Å². The number of rotatable bonds is 6. The Balaban J connectivity index is 1.53. The van der Waals surface area contributed by atoms with Crippen molar-refractivity contribution in [3.63, 3.8) is 0 Å². The summed E-state index contributed by atoms with van der Waals surface area (Å²) in [6.07, 6.45) is 2.06. The summed E-state index contributed by atoms with van der Waals surface area (Å²) < 4.78 is 0. The third-order valence-corrected chi connectivity index (χ3v) is 4.71. The van der Waals surface area contributed by atoms with Gasteiger partial charge in [-0.25, -0.2) is 0 Å². The Hall–Kier alpha value is -2.62. The summed E-state index contributed by atoms with van der Waals surface area (Å²) in [6.45, 7) is 3.16.